The van der Waals surface area contributed by atoms with Gasteiger partial charge in [0.15, 0.2) is 4.96 Å². The van der Waals surface area contributed by atoms with Gasteiger partial charge in [0, 0.05) is 24.2 Å². The number of aromatic nitrogens is 2. The number of rotatable bonds is 3. The maximum atomic E-state index is 12.8. The number of ether oxygens (including phenoxy) is 1. The van der Waals surface area contributed by atoms with Gasteiger partial charge in [0.2, 0.25) is 0 Å². The molecule has 1 aliphatic heterocycles. The van der Waals surface area contributed by atoms with E-state index in [-0.39, 0.29) is 24.1 Å². The molecule has 1 aliphatic carbocycles. The van der Waals surface area contributed by atoms with E-state index in [0.29, 0.717) is 18.2 Å². The molecule has 2 aromatic heterocycles. The van der Waals surface area contributed by atoms with E-state index in [0.717, 1.165) is 29.9 Å². The second kappa shape index (κ2) is 6.51. The second-order valence-electron chi connectivity index (χ2n) is 8.49. The van der Waals surface area contributed by atoms with Crippen LogP contribution in [0, 0.1) is 12.8 Å². The summed E-state index contributed by atoms with van der Waals surface area (Å²) in [6, 6.07) is 0.223. The van der Waals surface area contributed by atoms with Crippen molar-refractivity contribution >= 4 is 28.3 Å². The average molecular weight is 391 g/mol. The summed E-state index contributed by atoms with van der Waals surface area (Å²) in [6.07, 6.45) is 4.71. The van der Waals surface area contributed by atoms with Gasteiger partial charge in [-0.1, -0.05) is 0 Å². The van der Waals surface area contributed by atoms with Gasteiger partial charge in [-0.25, -0.2) is 9.78 Å². The number of carbonyl (C=O) groups excluding carboxylic acids is 2. The first-order valence-electron chi connectivity index (χ1n) is 9.46. The van der Waals surface area contributed by atoms with Crippen LogP contribution >= 0.6 is 11.3 Å². The van der Waals surface area contributed by atoms with Crippen molar-refractivity contribution in [2.75, 3.05) is 6.54 Å². The van der Waals surface area contributed by atoms with Gasteiger partial charge in [-0.2, -0.15) is 0 Å². The lowest BCUT2D eigenvalue weighted by Gasteiger charge is -2.36. The Bertz CT molecular complexity index is 881. The minimum Gasteiger partial charge on any atom is -0.444 e. The zero-order valence-corrected chi connectivity index (χ0v) is 17.0. The fourth-order valence-electron chi connectivity index (χ4n) is 4.40. The Balaban J connectivity index is 1.48. The number of aryl methyl sites for hydroxylation is 1. The molecule has 1 saturated carbocycles. The van der Waals surface area contributed by atoms with Crippen LogP contribution in [0.1, 0.15) is 56.2 Å². The van der Waals surface area contributed by atoms with E-state index < -0.39 is 5.60 Å². The Morgan fingerprint density at radius 3 is 2.89 bits per heavy atom. The molecule has 3 atom stereocenters. The number of amides is 2. The standard InChI is InChI=1S/C19H26N4O3S/c1-11-15(22-7-8-27-17(22)21-11)16(24)20-10-14-12-5-6-13(9-12)23(14)18(25)26-19(2,3)4/h7-8,12-14H,5-6,9-10H2,1-4H3,(H,20,24)/t12-,13+,14+/m0/s1. The van der Waals surface area contributed by atoms with Crippen molar-refractivity contribution in [2.45, 2.75) is 64.6 Å². The Morgan fingerprint density at radius 2 is 2.15 bits per heavy atom. The first kappa shape index (κ1) is 18.3. The molecule has 8 heteroatoms. The summed E-state index contributed by atoms with van der Waals surface area (Å²) in [5, 5.41) is 4.95. The average Bonchev–Trinajstić information content (AvgIpc) is 3.30. The number of hydrogen-bond donors (Lipinski definition) is 1. The zero-order valence-electron chi connectivity index (χ0n) is 16.2. The maximum absolute atomic E-state index is 12.8. The summed E-state index contributed by atoms with van der Waals surface area (Å²) in [5.74, 6) is 0.279. The lowest BCUT2D eigenvalue weighted by molar-refractivity contribution is 0.00754. The molecule has 4 rings (SSSR count). The second-order valence-corrected chi connectivity index (χ2v) is 9.37. The number of likely N-dealkylation sites (tertiary alicyclic amines) is 1. The van der Waals surface area contributed by atoms with E-state index in [1.54, 1.807) is 0 Å². The number of thiazole rings is 1. The summed E-state index contributed by atoms with van der Waals surface area (Å²) in [6.45, 7) is 7.93. The van der Waals surface area contributed by atoms with Crippen LogP contribution in [0.4, 0.5) is 4.79 Å². The van der Waals surface area contributed by atoms with E-state index in [1.165, 1.54) is 11.3 Å². The lowest BCUT2D eigenvalue weighted by atomic mass is 9.99. The predicted molar refractivity (Wildman–Crippen MR) is 103 cm³/mol. The molecule has 146 valence electrons. The molecule has 2 fully saturated rings. The van der Waals surface area contributed by atoms with Crippen LogP contribution in [0.3, 0.4) is 0 Å². The Morgan fingerprint density at radius 1 is 1.37 bits per heavy atom. The number of hydrogen-bond acceptors (Lipinski definition) is 5. The molecule has 0 aromatic carbocycles. The van der Waals surface area contributed by atoms with Gasteiger partial charge in [0.1, 0.15) is 11.3 Å². The van der Waals surface area contributed by atoms with Crippen molar-refractivity contribution in [1.82, 2.24) is 19.6 Å². The Hall–Kier alpha value is -2.09. The number of nitrogens with one attached hydrogen (secondary N) is 1. The highest BCUT2D eigenvalue weighted by Crippen LogP contribution is 2.42. The Labute approximate surface area is 162 Å². The van der Waals surface area contributed by atoms with Gasteiger partial charge in [-0.15, -0.1) is 11.3 Å². The minimum absolute atomic E-state index is 0.00579. The van der Waals surface area contributed by atoms with Crippen molar-refractivity contribution in [1.29, 1.82) is 0 Å². The number of nitrogens with zero attached hydrogens (tertiary/aromatic N) is 3. The molecule has 2 bridgehead atoms. The fourth-order valence-corrected chi connectivity index (χ4v) is 5.16. The SMILES string of the molecule is Cc1nc2sccn2c1C(=O)NC[C@@H]1[C@H]2CC[C@H](C2)N1C(=O)OC(C)(C)C. The number of carbonyl (C=O) groups is 2. The Kier molecular flexibility index (Phi) is 4.41. The normalized spacial score (nSPS) is 24.6. The summed E-state index contributed by atoms with van der Waals surface area (Å²) < 4.78 is 7.43. The summed E-state index contributed by atoms with van der Waals surface area (Å²) in [5.41, 5.74) is 0.765. The molecular formula is C19H26N4O3S. The van der Waals surface area contributed by atoms with Crippen LogP contribution in [0.2, 0.25) is 0 Å². The molecule has 2 aromatic rings. The number of imidazole rings is 1. The van der Waals surface area contributed by atoms with Crippen LogP contribution in [0.25, 0.3) is 4.96 Å². The summed E-state index contributed by atoms with van der Waals surface area (Å²) in [7, 11) is 0. The van der Waals surface area contributed by atoms with E-state index in [1.807, 2.05) is 48.6 Å². The molecule has 2 amide bonds. The van der Waals surface area contributed by atoms with Gasteiger partial charge in [-0.3, -0.25) is 9.20 Å². The summed E-state index contributed by atoms with van der Waals surface area (Å²) >= 11 is 1.50. The van der Waals surface area contributed by atoms with Gasteiger partial charge >= 0.3 is 6.09 Å². The van der Waals surface area contributed by atoms with Crippen LogP contribution in [-0.4, -0.2) is 50.5 Å². The third-order valence-electron chi connectivity index (χ3n) is 5.47. The maximum Gasteiger partial charge on any atom is 0.410 e. The van der Waals surface area contributed by atoms with E-state index in [9.17, 15) is 9.59 Å². The molecule has 0 spiro atoms. The highest BCUT2D eigenvalue weighted by Gasteiger charge is 2.49. The third-order valence-corrected chi connectivity index (χ3v) is 6.22. The van der Waals surface area contributed by atoms with Crippen molar-refractivity contribution in [3.63, 3.8) is 0 Å². The van der Waals surface area contributed by atoms with Crippen molar-refractivity contribution in [2.24, 2.45) is 5.92 Å². The third kappa shape index (κ3) is 3.31. The molecule has 7 nitrogen and oxygen atoms in total. The van der Waals surface area contributed by atoms with Crippen LogP contribution in [0.15, 0.2) is 11.6 Å². The first-order valence-corrected chi connectivity index (χ1v) is 10.3. The fraction of sp³-hybridized carbons (Fsp3) is 0.632. The monoisotopic (exact) mass is 390 g/mol. The molecule has 1 N–H and O–H groups in total. The van der Waals surface area contributed by atoms with Gasteiger partial charge in [0.05, 0.1) is 11.7 Å². The van der Waals surface area contributed by atoms with Gasteiger partial charge < -0.3 is 15.0 Å². The molecular weight excluding hydrogens is 364 g/mol. The van der Waals surface area contributed by atoms with E-state index in [4.69, 9.17) is 4.74 Å². The van der Waals surface area contributed by atoms with Gasteiger partial charge in [0.25, 0.3) is 5.91 Å². The number of fused-ring (bicyclic) bond motifs is 3. The molecule has 0 unspecified atom stereocenters. The summed E-state index contributed by atoms with van der Waals surface area (Å²) in [4.78, 5) is 32.6. The molecule has 27 heavy (non-hydrogen) atoms. The molecule has 2 aliphatic rings. The van der Waals surface area contributed by atoms with Crippen molar-refractivity contribution in [3.8, 4) is 0 Å². The van der Waals surface area contributed by atoms with E-state index >= 15 is 0 Å². The van der Waals surface area contributed by atoms with Crippen LogP contribution in [0.5, 0.6) is 0 Å². The zero-order chi connectivity index (χ0) is 19.3. The minimum atomic E-state index is -0.522. The topological polar surface area (TPSA) is 75.9 Å². The molecule has 0 radical (unpaired) electrons. The van der Waals surface area contributed by atoms with Crippen LogP contribution in [-0.2, 0) is 4.74 Å². The van der Waals surface area contributed by atoms with Crippen LogP contribution < -0.4 is 5.32 Å². The molecule has 3 heterocycles. The first-order chi connectivity index (χ1) is 12.7. The van der Waals surface area contributed by atoms with E-state index in [2.05, 4.69) is 10.3 Å². The van der Waals surface area contributed by atoms with Gasteiger partial charge in [-0.05, 0) is 52.9 Å². The smallest absolute Gasteiger partial charge is 0.410 e. The molecule has 1 saturated heterocycles. The largest absolute Gasteiger partial charge is 0.444 e. The lowest BCUT2D eigenvalue weighted by Crippen LogP contribution is -2.51. The highest BCUT2D eigenvalue weighted by atomic mass is 32.1. The number of piperidine rings is 1. The highest BCUT2D eigenvalue weighted by molar-refractivity contribution is 7.15. The van der Waals surface area contributed by atoms with Crippen molar-refractivity contribution in [3.05, 3.63) is 23.0 Å². The van der Waals surface area contributed by atoms with Crippen molar-refractivity contribution < 1.29 is 14.3 Å². The quantitative estimate of drug-likeness (QED) is 0.873. The predicted octanol–water partition coefficient (Wildman–Crippen LogP) is 3.22.